The molecule has 1 rings (SSSR count). The van der Waals surface area contributed by atoms with Gasteiger partial charge in [-0.2, -0.15) is 0 Å². The molecule has 2 N–H and O–H groups in total. The molecule has 0 aliphatic carbocycles. The van der Waals surface area contributed by atoms with E-state index in [-0.39, 0.29) is 12.3 Å². The fourth-order valence-corrected chi connectivity index (χ4v) is 2.20. The Morgan fingerprint density at radius 1 is 1.41 bits per heavy atom. The minimum Gasteiger partial charge on any atom is -0.481 e. The summed E-state index contributed by atoms with van der Waals surface area (Å²) in [5.74, 6) is -0.166. The smallest absolute Gasteiger partial charge is 0.303 e. The second-order valence-corrected chi connectivity index (χ2v) is 4.63. The number of likely N-dealkylation sites (tertiary alicyclic amines) is 1. The highest BCUT2D eigenvalue weighted by Crippen LogP contribution is 2.21. The molecule has 1 unspecified atom stereocenters. The lowest BCUT2D eigenvalue weighted by atomic mass is 10.0. The highest BCUT2D eigenvalue weighted by molar-refractivity contribution is 5.76. The molecule has 1 fully saturated rings. The summed E-state index contributed by atoms with van der Waals surface area (Å²) in [6.45, 7) is 2.40. The molecule has 1 aliphatic heterocycles. The molecule has 98 valence electrons. The van der Waals surface area contributed by atoms with Gasteiger partial charge in [-0.3, -0.25) is 9.59 Å². The van der Waals surface area contributed by atoms with Crippen molar-refractivity contribution in [1.29, 1.82) is 0 Å². The van der Waals surface area contributed by atoms with Crippen LogP contribution < -0.4 is 5.32 Å². The average molecular weight is 242 g/mol. The van der Waals surface area contributed by atoms with Crippen LogP contribution in [0.25, 0.3) is 0 Å². The molecule has 0 spiro atoms. The van der Waals surface area contributed by atoms with E-state index in [1.807, 2.05) is 11.9 Å². The van der Waals surface area contributed by atoms with Gasteiger partial charge in [-0.25, -0.2) is 0 Å². The predicted octanol–water partition coefficient (Wildman–Crippen LogP) is 0.699. The van der Waals surface area contributed by atoms with E-state index in [1.54, 1.807) is 0 Å². The van der Waals surface area contributed by atoms with Crippen molar-refractivity contribution in [3.8, 4) is 0 Å². The van der Waals surface area contributed by atoms with Gasteiger partial charge >= 0.3 is 5.97 Å². The van der Waals surface area contributed by atoms with E-state index in [9.17, 15) is 9.59 Å². The van der Waals surface area contributed by atoms with E-state index in [1.165, 1.54) is 0 Å². The SMILES string of the molecule is CNCCCC(=O)N1CCC(CCC(=O)O)C1. The van der Waals surface area contributed by atoms with Gasteiger partial charge in [0.2, 0.25) is 5.91 Å². The zero-order valence-electron chi connectivity index (χ0n) is 10.4. The molecule has 1 saturated heterocycles. The summed E-state index contributed by atoms with van der Waals surface area (Å²) in [6.07, 6.45) is 3.31. The molecule has 0 bridgehead atoms. The number of hydrogen-bond acceptors (Lipinski definition) is 3. The lowest BCUT2D eigenvalue weighted by Crippen LogP contribution is -2.29. The normalized spacial score (nSPS) is 19.6. The van der Waals surface area contributed by atoms with Crippen LogP contribution >= 0.6 is 0 Å². The van der Waals surface area contributed by atoms with Crippen LogP contribution in [0.2, 0.25) is 0 Å². The Bertz CT molecular complexity index is 268. The van der Waals surface area contributed by atoms with Crippen LogP contribution in [-0.2, 0) is 9.59 Å². The minimum absolute atomic E-state index is 0.207. The molecule has 0 aromatic rings. The van der Waals surface area contributed by atoms with Crippen molar-refractivity contribution in [3.05, 3.63) is 0 Å². The second-order valence-electron chi connectivity index (χ2n) is 4.63. The number of nitrogens with one attached hydrogen (secondary N) is 1. The van der Waals surface area contributed by atoms with Crippen LogP contribution in [0.15, 0.2) is 0 Å². The molecule has 0 aromatic carbocycles. The van der Waals surface area contributed by atoms with Crippen molar-refractivity contribution in [1.82, 2.24) is 10.2 Å². The van der Waals surface area contributed by atoms with Crippen LogP contribution in [0.3, 0.4) is 0 Å². The number of carboxylic acids is 1. The summed E-state index contributed by atoms with van der Waals surface area (Å²) in [5.41, 5.74) is 0. The Hall–Kier alpha value is -1.10. The number of rotatable bonds is 7. The van der Waals surface area contributed by atoms with Gasteiger partial charge in [0.25, 0.3) is 0 Å². The topological polar surface area (TPSA) is 69.6 Å². The number of carbonyl (C=O) groups excluding carboxylic acids is 1. The molecule has 5 nitrogen and oxygen atoms in total. The molecular weight excluding hydrogens is 220 g/mol. The van der Waals surface area contributed by atoms with Crippen molar-refractivity contribution in [2.45, 2.75) is 32.1 Å². The summed E-state index contributed by atoms with van der Waals surface area (Å²) in [7, 11) is 1.88. The Balaban J connectivity index is 2.20. The van der Waals surface area contributed by atoms with E-state index in [2.05, 4.69) is 5.32 Å². The Morgan fingerprint density at radius 2 is 2.18 bits per heavy atom. The first-order chi connectivity index (χ1) is 8.13. The molecule has 1 atom stereocenters. The number of nitrogens with zero attached hydrogens (tertiary/aromatic N) is 1. The predicted molar refractivity (Wildman–Crippen MR) is 64.7 cm³/mol. The van der Waals surface area contributed by atoms with E-state index < -0.39 is 5.97 Å². The first kappa shape index (κ1) is 14.0. The van der Waals surface area contributed by atoms with Gasteiger partial charge in [0.15, 0.2) is 0 Å². The molecule has 0 radical (unpaired) electrons. The maximum Gasteiger partial charge on any atom is 0.303 e. The number of hydrogen-bond donors (Lipinski definition) is 2. The van der Waals surface area contributed by atoms with E-state index >= 15 is 0 Å². The van der Waals surface area contributed by atoms with Crippen molar-refractivity contribution in [3.63, 3.8) is 0 Å². The quantitative estimate of drug-likeness (QED) is 0.645. The largest absolute Gasteiger partial charge is 0.481 e. The van der Waals surface area contributed by atoms with E-state index in [4.69, 9.17) is 5.11 Å². The molecule has 17 heavy (non-hydrogen) atoms. The summed E-state index contributed by atoms with van der Waals surface area (Å²) < 4.78 is 0. The lowest BCUT2D eigenvalue weighted by molar-refractivity contribution is -0.137. The molecule has 5 heteroatoms. The zero-order valence-corrected chi connectivity index (χ0v) is 10.4. The van der Waals surface area contributed by atoms with Gasteiger partial charge in [0.05, 0.1) is 0 Å². The van der Waals surface area contributed by atoms with Crippen LogP contribution in [0.1, 0.15) is 32.1 Å². The highest BCUT2D eigenvalue weighted by atomic mass is 16.4. The third-order valence-corrected chi connectivity index (χ3v) is 3.22. The van der Waals surface area contributed by atoms with E-state index in [0.717, 1.165) is 32.5 Å². The fourth-order valence-electron chi connectivity index (χ4n) is 2.20. The second kappa shape index (κ2) is 7.27. The van der Waals surface area contributed by atoms with Crippen LogP contribution in [0.4, 0.5) is 0 Å². The summed E-state index contributed by atoms with van der Waals surface area (Å²) in [5, 5.41) is 11.6. The third kappa shape index (κ3) is 5.17. The molecule has 0 aromatic heterocycles. The zero-order chi connectivity index (χ0) is 12.7. The fraction of sp³-hybridized carbons (Fsp3) is 0.833. The molecule has 1 aliphatic rings. The Morgan fingerprint density at radius 3 is 2.82 bits per heavy atom. The van der Waals surface area contributed by atoms with Crippen LogP contribution in [-0.4, -0.2) is 48.6 Å². The van der Waals surface area contributed by atoms with Gasteiger partial charge < -0.3 is 15.3 Å². The van der Waals surface area contributed by atoms with E-state index in [0.29, 0.717) is 18.8 Å². The molecule has 1 amide bonds. The highest BCUT2D eigenvalue weighted by Gasteiger charge is 2.25. The van der Waals surface area contributed by atoms with Crippen LogP contribution in [0.5, 0.6) is 0 Å². The van der Waals surface area contributed by atoms with Crippen molar-refractivity contribution >= 4 is 11.9 Å². The summed E-state index contributed by atoms with van der Waals surface area (Å²) in [6, 6.07) is 0. The number of aliphatic carboxylic acids is 1. The molecule has 1 heterocycles. The number of carboxylic acid groups (broad SMARTS) is 1. The standard InChI is InChI=1S/C12H22N2O3/c1-13-7-2-3-11(15)14-8-6-10(9-14)4-5-12(16)17/h10,13H,2-9H2,1H3,(H,16,17). The Labute approximate surface area is 102 Å². The first-order valence-electron chi connectivity index (χ1n) is 6.27. The summed E-state index contributed by atoms with van der Waals surface area (Å²) in [4.78, 5) is 24.1. The van der Waals surface area contributed by atoms with Crippen LogP contribution in [0, 0.1) is 5.92 Å². The van der Waals surface area contributed by atoms with Gasteiger partial charge in [-0.05, 0) is 38.8 Å². The number of carbonyl (C=O) groups is 2. The minimum atomic E-state index is -0.746. The van der Waals surface area contributed by atoms with Crippen molar-refractivity contribution in [2.24, 2.45) is 5.92 Å². The van der Waals surface area contributed by atoms with Gasteiger partial charge in [-0.15, -0.1) is 0 Å². The number of amides is 1. The van der Waals surface area contributed by atoms with Gasteiger partial charge in [0.1, 0.15) is 0 Å². The molecule has 0 saturated carbocycles. The average Bonchev–Trinajstić information content (AvgIpc) is 2.75. The lowest BCUT2D eigenvalue weighted by Gasteiger charge is -2.16. The first-order valence-corrected chi connectivity index (χ1v) is 6.27. The monoisotopic (exact) mass is 242 g/mol. The third-order valence-electron chi connectivity index (χ3n) is 3.22. The van der Waals surface area contributed by atoms with Crippen molar-refractivity contribution < 1.29 is 14.7 Å². The summed E-state index contributed by atoms with van der Waals surface area (Å²) >= 11 is 0. The van der Waals surface area contributed by atoms with Gasteiger partial charge in [-0.1, -0.05) is 0 Å². The Kier molecular flexibility index (Phi) is 5.97. The van der Waals surface area contributed by atoms with Gasteiger partial charge in [0, 0.05) is 25.9 Å². The molecular formula is C12H22N2O3. The maximum atomic E-state index is 11.8. The van der Waals surface area contributed by atoms with Crippen molar-refractivity contribution in [2.75, 3.05) is 26.7 Å². The maximum absolute atomic E-state index is 11.8.